The molecule has 1 aliphatic carbocycles. The first-order chi connectivity index (χ1) is 33.3. The molecule has 1 saturated heterocycles. The number of aromatic nitrogens is 1. The van der Waals surface area contributed by atoms with Crippen molar-refractivity contribution in [2.45, 2.75) is 65.6 Å². The van der Waals surface area contributed by atoms with Gasteiger partial charge in [0, 0.05) is 40.9 Å². The van der Waals surface area contributed by atoms with E-state index in [4.69, 9.17) is 33.2 Å². The largest absolute Gasteiger partial charge is 0.491 e. The van der Waals surface area contributed by atoms with E-state index >= 15 is 0 Å². The molecule has 0 unspecified atom stereocenters. The number of likely N-dealkylation sites (tertiary alicyclic amines) is 1. The molecule has 3 heterocycles. The molecular formula is C51H65F3N4O10S. The number of fused-ring (bicyclic) bond motifs is 1. The number of anilines is 1. The number of hydrogen-bond acceptors (Lipinski definition) is 13. The molecular weight excluding hydrogens is 918 g/mol. The van der Waals surface area contributed by atoms with E-state index in [0.717, 1.165) is 79.9 Å². The van der Waals surface area contributed by atoms with Gasteiger partial charge in [-0.1, -0.05) is 32.0 Å². The third kappa shape index (κ3) is 17.2. The van der Waals surface area contributed by atoms with Crippen molar-refractivity contribution in [2.24, 2.45) is 11.3 Å². The number of esters is 1. The summed E-state index contributed by atoms with van der Waals surface area (Å²) in [6.07, 6.45) is 1.21. The molecule has 0 bridgehead atoms. The molecule has 69 heavy (non-hydrogen) atoms. The van der Waals surface area contributed by atoms with Gasteiger partial charge in [0.2, 0.25) is 0 Å². The number of carbonyl (C=O) groups excluding carboxylic acids is 3. The molecule has 1 fully saturated rings. The van der Waals surface area contributed by atoms with Crippen LogP contribution in [-0.4, -0.2) is 127 Å². The first-order valence-electron chi connectivity index (χ1n) is 23.7. The van der Waals surface area contributed by atoms with Crippen LogP contribution in [0.4, 0.5) is 18.2 Å². The SMILES string of the molecule is CCOC(=O)C1CCN(CCOCCOCCOCCOCCOCCOc2cccc(C(=O)Nc3sc4c(c3-c3cc(C(=O)NCc5cccc(C(F)(F)F)c5)ccn3)CCC(C)(C)C4)c2)CC1. The monoisotopic (exact) mass is 982 g/mol. The van der Waals surface area contributed by atoms with E-state index in [9.17, 15) is 27.6 Å². The van der Waals surface area contributed by atoms with Crippen LogP contribution in [0.15, 0.2) is 66.9 Å². The maximum atomic E-state index is 13.8. The van der Waals surface area contributed by atoms with Crippen LogP contribution in [0, 0.1) is 11.3 Å². The fraction of sp³-hybridized carbons (Fsp3) is 0.529. The summed E-state index contributed by atoms with van der Waals surface area (Å²) >= 11 is 1.50. The van der Waals surface area contributed by atoms with Crippen LogP contribution in [0.25, 0.3) is 11.3 Å². The van der Waals surface area contributed by atoms with Gasteiger partial charge in [-0.2, -0.15) is 13.2 Å². The Hall–Kier alpha value is -4.95. The Kier molecular flexibility index (Phi) is 20.8. The number of carbonyl (C=O) groups is 3. The summed E-state index contributed by atoms with van der Waals surface area (Å²) in [6, 6.07) is 14.9. The van der Waals surface area contributed by atoms with Gasteiger partial charge < -0.3 is 48.7 Å². The Morgan fingerprint density at radius 1 is 0.797 bits per heavy atom. The van der Waals surface area contributed by atoms with Crippen LogP contribution in [0.5, 0.6) is 5.75 Å². The predicted octanol–water partition coefficient (Wildman–Crippen LogP) is 8.26. The summed E-state index contributed by atoms with van der Waals surface area (Å²) in [7, 11) is 0. The van der Waals surface area contributed by atoms with E-state index in [1.165, 1.54) is 29.7 Å². The zero-order valence-corrected chi connectivity index (χ0v) is 40.6. The predicted molar refractivity (Wildman–Crippen MR) is 256 cm³/mol. The van der Waals surface area contributed by atoms with Gasteiger partial charge in [-0.05, 0) is 111 Å². The maximum Gasteiger partial charge on any atom is 0.416 e. The molecule has 6 rings (SSSR count). The second-order valence-corrected chi connectivity index (χ2v) is 18.7. The van der Waals surface area contributed by atoms with Crippen LogP contribution >= 0.6 is 11.3 Å². The quantitative estimate of drug-likeness (QED) is 0.0437. The number of amides is 2. The highest BCUT2D eigenvalue weighted by atomic mass is 32.1. The molecule has 376 valence electrons. The fourth-order valence-electron chi connectivity index (χ4n) is 8.06. The van der Waals surface area contributed by atoms with Crippen LogP contribution in [0.1, 0.15) is 82.3 Å². The number of nitrogens with one attached hydrogen (secondary N) is 2. The summed E-state index contributed by atoms with van der Waals surface area (Å²) in [4.78, 5) is 47.0. The Bertz CT molecular complexity index is 2270. The number of pyridine rings is 1. The highest BCUT2D eigenvalue weighted by Gasteiger charge is 2.33. The number of rotatable bonds is 27. The number of benzene rings is 2. The first-order valence-corrected chi connectivity index (χ1v) is 24.5. The highest BCUT2D eigenvalue weighted by Crippen LogP contribution is 2.48. The Morgan fingerprint density at radius 2 is 1.43 bits per heavy atom. The molecule has 2 N–H and O–H groups in total. The second-order valence-electron chi connectivity index (χ2n) is 17.6. The van der Waals surface area contributed by atoms with Crippen LogP contribution in [0.2, 0.25) is 0 Å². The molecule has 18 heteroatoms. The van der Waals surface area contributed by atoms with E-state index < -0.39 is 17.6 Å². The van der Waals surface area contributed by atoms with E-state index in [0.29, 0.717) is 100 Å². The lowest BCUT2D eigenvalue weighted by atomic mass is 9.76. The lowest BCUT2D eigenvalue weighted by Crippen LogP contribution is -2.38. The average molecular weight is 983 g/mol. The number of halogens is 3. The van der Waals surface area contributed by atoms with Gasteiger partial charge >= 0.3 is 12.1 Å². The molecule has 0 spiro atoms. The molecule has 4 aromatic rings. The Labute approximate surface area is 406 Å². The second kappa shape index (κ2) is 26.9. The lowest BCUT2D eigenvalue weighted by Gasteiger charge is -2.30. The molecule has 0 atom stereocenters. The highest BCUT2D eigenvalue weighted by molar-refractivity contribution is 7.17. The van der Waals surface area contributed by atoms with E-state index in [1.807, 2.05) is 6.92 Å². The standard InChI is InChI=1S/C51H65F3N4O10S/c1-4-67-49(61)37-13-17-58(18-14-37)19-20-62-21-22-63-23-24-64-25-26-65-27-28-66-29-30-68-41-10-6-8-38(32-41)47(60)57-48-45(42-11-15-50(2,3)34-44(42)69-48)43-33-39(12-16-55-43)46(59)56-35-36-7-5-9-40(31-36)51(52,53)54/h5-10,12,16,31-33,37H,4,11,13-15,17-30,34-35H2,1-3H3,(H,56,59)(H,57,60). The Morgan fingerprint density at radius 3 is 2.10 bits per heavy atom. The maximum absolute atomic E-state index is 13.8. The summed E-state index contributed by atoms with van der Waals surface area (Å²) in [5.41, 5.74) is 2.63. The topological polar surface area (TPSA) is 156 Å². The van der Waals surface area contributed by atoms with Gasteiger partial charge in [0.1, 0.15) is 17.4 Å². The van der Waals surface area contributed by atoms with Crippen molar-refractivity contribution in [2.75, 3.05) is 104 Å². The smallest absolute Gasteiger partial charge is 0.416 e. The van der Waals surface area contributed by atoms with Gasteiger partial charge in [0.15, 0.2) is 0 Å². The van der Waals surface area contributed by atoms with Crippen molar-refractivity contribution in [1.29, 1.82) is 0 Å². The van der Waals surface area contributed by atoms with Crippen molar-refractivity contribution >= 4 is 34.1 Å². The number of piperidine rings is 1. The summed E-state index contributed by atoms with van der Waals surface area (Å²) in [6.45, 7) is 14.0. The molecule has 2 aliphatic rings. The summed E-state index contributed by atoms with van der Waals surface area (Å²) in [5, 5.41) is 6.45. The van der Waals surface area contributed by atoms with Gasteiger partial charge in [-0.25, -0.2) is 0 Å². The van der Waals surface area contributed by atoms with Crippen molar-refractivity contribution in [1.82, 2.24) is 15.2 Å². The molecule has 2 amide bonds. The van der Waals surface area contributed by atoms with Gasteiger partial charge in [-0.3, -0.25) is 19.4 Å². The molecule has 1 aliphatic heterocycles. The summed E-state index contributed by atoms with van der Waals surface area (Å²) in [5.74, 6) is -0.352. The van der Waals surface area contributed by atoms with Crippen molar-refractivity contribution in [3.63, 3.8) is 0 Å². The minimum atomic E-state index is -4.49. The van der Waals surface area contributed by atoms with Crippen LogP contribution in [0.3, 0.4) is 0 Å². The van der Waals surface area contributed by atoms with Crippen molar-refractivity contribution in [3.8, 4) is 17.0 Å². The number of hydrogen-bond donors (Lipinski definition) is 2. The van der Waals surface area contributed by atoms with E-state index in [1.54, 1.807) is 36.4 Å². The third-order valence-electron chi connectivity index (χ3n) is 11.8. The van der Waals surface area contributed by atoms with Gasteiger partial charge in [0.25, 0.3) is 11.8 Å². The third-order valence-corrected chi connectivity index (χ3v) is 13.0. The molecule has 14 nitrogen and oxygen atoms in total. The molecule has 0 saturated carbocycles. The van der Waals surface area contributed by atoms with Crippen molar-refractivity contribution < 1.29 is 60.7 Å². The van der Waals surface area contributed by atoms with Gasteiger partial charge in [0.05, 0.1) is 89.9 Å². The normalized spacial score (nSPS) is 15.1. The first kappa shape index (κ1) is 53.4. The number of ether oxygens (including phenoxy) is 7. The fourth-order valence-corrected chi connectivity index (χ4v) is 9.57. The zero-order valence-electron chi connectivity index (χ0n) is 39.8. The average Bonchev–Trinajstić information content (AvgIpc) is 3.68. The minimum Gasteiger partial charge on any atom is -0.491 e. The van der Waals surface area contributed by atoms with Gasteiger partial charge in [-0.15, -0.1) is 11.3 Å². The van der Waals surface area contributed by atoms with E-state index in [2.05, 4.69) is 34.4 Å². The molecule has 2 aromatic carbocycles. The zero-order chi connectivity index (χ0) is 49.1. The van der Waals surface area contributed by atoms with Crippen LogP contribution < -0.4 is 15.4 Å². The lowest BCUT2D eigenvalue weighted by molar-refractivity contribution is -0.149. The van der Waals surface area contributed by atoms with Crippen molar-refractivity contribution in [3.05, 3.63) is 99.6 Å². The minimum absolute atomic E-state index is 0.0161. The number of alkyl halides is 3. The molecule has 2 aromatic heterocycles. The van der Waals surface area contributed by atoms with E-state index in [-0.39, 0.29) is 41.9 Å². The number of nitrogens with zero attached hydrogens (tertiary/aromatic N) is 2. The Balaban J connectivity index is 0.859. The summed E-state index contributed by atoms with van der Waals surface area (Å²) < 4.78 is 78.9. The number of thiophene rings is 1. The van der Waals surface area contributed by atoms with Crippen LogP contribution in [-0.2, 0) is 58.8 Å². The molecule has 0 radical (unpaired) electrons.